The number of ether oxygens (including phenoxy) is 1. The molecule has 0 saturated carbocycles. The Morgan fingerprint density at radius 1 is 0.966 bits per heavy atom. The van der Waals surface area contributed by atoms with Gasteiger partial charge in [-0.3, -0.25) is 4.55 Å². The predicted molar refractivity (Wildman–Crippen MR) is 99.9 cm³/mol. The maximum absolute atomic E-state index is 13.4. The second kappa shape index (κ2) is 8.62. The van der Waals surface area contributed by atoms with Gasteiger partial charge in [-0.1, -0.05) is 36.2 Å². The molecule has 0 amide bonds. The number of hydrogen-bond acceptors (Lipinski definition) is 4. The van der Waals surface area contributed by atoms with Crippen LogP contribution in [0.5, 0.6) is 0 Å². The molecule has 0 atom stereocenters. The largest absolute Gasteiger partial charge is 0.438 e. The third kappa shape index (κ3) is 5.50. The molecule has 15 heteroatoms. The van der Waals surface area contributed by atoms with Crippen molar-refractivity contribution in [1.82, 2.24) is 0 Å². The van der Waals surface area contributed by atoms with Crippen LogP contribution in [0.2, 0.25) is 0 Å². The van der Waals surface area contributed by atoms with E-state index in [2.05, 4.69) is 4.74 Å². The molecule has 0 spiro atoms. The summed E-state index contributed by atoms with van der Waals surface area (Å²) in [4.78, 5) is 12.5. The first-order valence-electron chi connectivity index (χ1n) is 8.49. The zero-order valence-corrected chi connectivity index (χ0v) is 16.6. The van der Waals surface area contributed by atoms with Crippen molar-refractivity contribution in [1.29, 1.82) is 0 Å². The quantitative estimate of drug-likeness (QED) is 0.278. The van der Waals surface area contributed by atoms with Gasteiger partial charge in [0.1, 0.15) is 29.3 Å². The van der Waals surface area contributed by atoms with Gasteiger partial charge in [0, 0.05) is 0 Å². The van der Waals surface area contributed by atoms with Crippen molar-refractivity contribution in [2.24, 2.45) is 0 Å². The van der Waals surface area contributed by atoms with Crippen molar-refractivity contribution in [2.45, 2.75) is 36.9 Å². The highest BCUT2D eigenvalue weighted by atomic mass is 32.2. The Hall–Kier alpha value is -1.63. The fraction of sp³-hybridized carbons (Fsp3) is 0.500. The average molecular weight is 444 g/mol. The van der Waals surface area contributed by atoms with Crippen LogP contribution in [-0.4, -0.2) is 66.2 Å². The third-order valence-electron chi connectivity index (χ3n) is 4.33. The molecule has 0 radical (unpaired) electrons. The highest BCUT2D eigenvalue weighted by molar-refractivity contribution is 7.85. The van der Waals surface area contributed by atoms with E-state index in [-0.39, 0.29) is 11.9 Å². The Balaban J connectivity index is 3.69. The van der Waals surface area contributed by atoms with Gasteiger partial charge in [0.15, 0.2) is 0 Å². The van der Waals surface area contributed by atoms with Crippen molar-refractivity contribution in [3.63, 3.8) is 0 Å². The summed E-state index contributed by atoms with van der Waals surface area (Å²) in [5.41, 5.74) is -4.73. The monoisotopic (exact) mass is 444 g/mol. The number of rotatable bonds is 7. The Kier molecular flexibility index (Phi) is 7.56. The van der Waals surface area contributed by atoms with Crippen LogP contribution in [0.25, 0.3) is 0 Å². The van der Waals surface area contributed by atoms with E-state index in [0.717, 1.165) is 6.07 Å². The van der Waals surface area contributed by atoms with E-state index in [1.54, 1.807) is 29.6 Å². The molecule has 0 bridgehead atoms. The topological polar surface area (TPSA) is 80.7 Å². The van der Waals surface area contributed by atoms with Crippen molar-refractivity contribution in [2.75, 3.05) is 5.75 Å². The van der Waals surface area contributed by atoms with Crippen LogP contribution in [0.4, 0.5) is 26.3 Å². The molecule has 0 aliphatic heterocycles. The maximum Gasteiger partial charge on any atom is 0.438 e. The summed E-state index contributed by atoms with van der Waals surface area (Å²) in [7, 11) is -0.921. The molecule has 0 aromatic heterocycles. The molecule has 1 N–H and O–H groups in total. The minimum absolute atomic E-state index is 0.112. The molecule has 1 rings (SSSR count). The number of esters is 1. The van der Waals surface area contributed by atoms with Crippen LogP contribution < -0.4 is 0 Å². The first-order chi connectivity index (χ1) is 13.0. The molecule has 160 valence electrons. The van der Waals surface area contributed by atoms with Crippen molar-refractivity contribution >= 4 is 39.6 Å². The number of benzene rings is 1. The van der Waals surface area contributed by atoms with Crippen LogP contribution in [0, 0.1) is 0 Å². The first kappa shape index (κ1) is 25.4. The minimum Gasteiger partial charge on any atom is -0.435 e. The van der Waals surface area contributed by atoms with Gasteiger partial charge < -0.3 is 4.74 Å². The lowest BCUT2D eigenvalue weighted by Gasteiger charge is -2.35. The van der Waals surface area contributed by atoms with E-state index in [1.807, 2.05) is 0 Å². The van der Waals surface area contributed by atoms with Gasteiger partial charge >= 0.3 is 23.9 Å². The van der Waals surface area contributed by atoms with Gasteiger partial charge in [0.2, 0.25) is 0 Å². The van der Waals surface area contributed by atoms with Crippen LogP contribution in [0.1, 0.15) is 27.0 Å². The zero-order chi connectivity index (χ0) is 22.8. The number of carbonyl (C=O) groups excluding carboxylic acids is 1. The van der Waals surface area contributed by atoms with E-state index >= 15 is 0 Å². The van der Waals surface area contributed by atoms with Gasteiger partial charge in [0.25, 0.3) is 10.1 Å². The minimum atomic E-state index is -6.36. The summed E-state index contributed by atoms with van der Waals surface area (Å²) >= 11 is 0. The summed E-state index contributed by atoms with van der Waals surface area (Å²) in [6, 6.07) is 2.79. The van der Waals surface area contributed by atoms with Crippen molar-refractivity contribution < 1.29 is 48.8 Å². The van der Waals surface area contributed by atoms with Gasteiger partial charge in [-0.2, -0.15) is 34.8 Å². The average Bonchev–Trinajstić information content (AvgIpc) is 2.56. The fourth-order valence-corrected chi connectivity index (χ4v) is 3.76. The second-order valence-electron chi connectivity index (χ2n) is 6.28. The van der Waals surface area contributed by atoms with Gasteiger partial charge in [-0.25, -0.2) is 4.79 Å². The first-order valence-corrected chi connectivity index (χ1v) is 10.1. The maximum atomic E-state index is 13.4. The lowest BCUT2D eigenvalue weighted by molar-refractivity contribution is -0.356. The summed E-state index contributed by atoms with van der Waals surface area (Å²) in [5.74, 6) is -4.89. The molecule has 1 aromatic carbocycles. The Morgan fingerprint density at radius 3 is 1.83 bits per heavy atom. The number of halogens is 6. The molecule has 0 unspecified atom stereocenters. The van der Waals surface area contributed by atoms with Crippen LogP contribution >= 0.6 is 0 Å². The van der Waals surface area contributed by atoms with Crippen molar-refractivity contribution in [3.05, 3.63) is 34.4 Å². The molecule has 0 heterocycles. The molecule has 5 nitrogen and oxygen atoms in total. The summed E-state index contributed by atoms with van der Waals surface area (Å²) < 4.78 is 115. The molecule has 29 heavy (non-hydrogen) atoms. The lowest BCUT2D eigenvalue weighted by Crippen LogP contribution is -2.63. The summed E-state index contributed by atoms with van der Waals surface area (Å²) in [6.45, 7) is 0. The zero-order valence-electron chi connectivity index (χ0n) is 15.7. The lowest BCUT2D eigenvalue weighted by atomic mass is 9.81. The number of hydrogen-bond donors (Lipinski definition) is 1. The van der Waals surface area contributed by atoms with Crippen molar-refractivity contribution in [3.8, 4) is 0 Å². The summed E-state index contributed by atoms with van der Waals surface area (Å²) in [6.07, 6.45) is -11.9. The third-order valence-corrected chi connectivity index (χ3v) is 5.10. The van der Waals surface area contributed by atoms with Crippen LogP contribution in [0.3, 0.4) is 0 Å². The highest BCUT2D eigenvalue weighted by Gasteiger charge is 2.76. The second-order valence-corrected chi connectivity index (χ2v) is 7.73. The number of alkyl halides is 6. The highest BCUT2D eigenvalue weighted by Crippen LogP contribution is 2.47. The van der Waals surface area contributed by atoms with Crippen LogP contribution in [0.15, 0.2) is 12.1 Å². The normalized spacial score (nSPS) is 13.3. The molecule has 0 fully saturated rings. The molecule has 1 aromatic rings. The molecule has 0 aliphatic rings. The standard InChI is InChI=1S/C14H17B3F6O5S/c15-3-7-1-8(4-16)10(5-17)9(2-7)11(24)28-12(13(18,19)20,14(21,22)23)6-29(25,26)27/h1-2H,3-6,15-17H2,(H,25,26,27). The van der Waals surface area contributed by atoms with Gasteiger partial charge in [-0.05, 0) is 11.6 Å². The van der Waals surface area contributed by atoms with Gasteiger partial charge in [-0.15, -0.1) is 0 Å². The Labute approximate surface area is 166 Å². The predicted octanol–water partition coefficient (Wildman–Crippen LogP) is -0.00610. The number of carbonyl (C=O) groups is 1. The van der Waals surface area contributed by atoms with Crippen LogP contribution in [-0.2, 0) is 33.8 Å². The van der Waals surface area contributed by atoms with Gasteiger partial charge in [0.05, 0.1) is 5.56 Å². The molecule has 0 aliphatic carbocycles. The van der Waals surface area contributed by atoms with E-state index in [1.165, 1.54) is 0 Å². The molecule has 0 saturated heterocycles. The Morgan fingerprint density at radius 2 is 1.48 bits per heavy atom. The van der Waals surface area contributed by atoms with E-state index in [4.69, 9.17) is 4.55 Å². The SMILES string of the molecule is BCc1cc(CB)c(CB)c(C(=O)OC(CS(=O)(=O)O)(C(F)(F)F)C(F)(F)F)c1. The van der Waals surface area contributed by atoms with E-state index in [9.17, 15) is 39.6 Å². The Bertz CT molecular complexity index is 856. The molecular formula is C14H17B3F6O5S. The fourth-order valence-electron chi connectivity index (χ4n) is 2.86. The smallest absolute Gasteiger partial charge is 0.435 e. The van der Waals surface area contributed by atoms with E-state index < -0.39 is 45.4 Å². The summed E-state index contributed by atoms with van der Waals surface area (Å²) in [5, 5.41) is 0. The molecular weight excluding hydrogens is 427 g/mol. The van der Waals surface area contributed by atoms with E-state index in [0.29, 0.717) is 23.8 Å².